The largest absolute Gasteiger partial charge is 0.351 e. The molecule has 3 N–H and O–H groups in total. The molecule has 2 rings (SSSR count). The maximum Gasteiger partial charge on any atom is 0.318 e. The number of hydrogen-bond donors (Lipinski definition) is 2. The van der Waals surface area contributed by atoms with E-state index in [9.17, 15) is 9.59 Å². The molecular formula is C10H9ClN6O2. The summed E-state index contributed by atoms with van der Waals surface area (Å²) in [6.07, 6.45) is 0. The molecule has 0 aliphatic carbocycles. The van der Waals surface area contributed by atoms with Crippen LogP contribution in [0.25, 0.3) is 11.4 Å². The second kappa shape index (κ2) is 5.44. The molecule has 19 heavy (non-hydrogen) atoms. The minimum absolute atomic E-state index is 0.253. The molecule has 3 amide bonds. The maximum absolute atomic E-state index is 11.3. The summed E-state index contributed by atoms with van der Waals surface area (Å²) in [5, 5.41) is 13.9. The molecule has 9 heteroatoms. The van der Waals surface area contributed by atoms with E-state index in [4.69, 9.17) is 17.3 Å². The first-order valence-electron chi connectivity index (χ1n) is 5.17. The molecule has 0 aliphatic rings. The SMILES string of the molecule is NC(=O)NC(=O)Cn1nnc(-c2cccc(Cl)c2)n1. The Bertz CT molecular complexity index is 626. The number of amides is 3. The summed E-state index contributed by atoms with van der Waals surface area (Å²) in [6.45, 7) is -0.253. The van der Waals surface area contributed by atoms with Crippen molar-refractivity contribution in [3.63, 3.8) is 0 Å². The minimum atomic E-state index is -0.930. The first-order chi connectivity index (χ1) is 9.04. The fourth-order valence-corrected chi connectivity index (χ4v) is 1.55. The molecule has 0 fully saturated rings. The van der Waals surface area contributed by atoms with Gasteiger partial charge in [0.1, 0.15) is 6.54 Å². The highest BCUT2D eigenvalue weighted by atomic mass is 35.5. The van der Waals surface area contributed by atoms with Gasteiger partial charge in [0.05, 0.1) is 0 Å². The second-order valence-electron chi connectivity index (χ2n) is 3.57. The maximum atomic E-state index is 11.3. The quantitative estimate of drug-likeness (QED) is 0.832. The molecule has 98 valence electrons. The number of nitrogens with two attached hydrogens (primary N) is 1. The van der Waals surface area contributed by atoms with Gasteiger partial charge in [-0.3, -0.25) is 10.1 Å². The number of nitrogens with one attached hydrogen (secondary N) is 1. The van der Waals surface area contributed by atoms with Crippen LogP contribution in [0, 0.1) is 0 Å². The van der Waals surface area contributed by atoms with Crippen LogP contribution < -0.4 is 11.1 Å². The number of halogens is 1. The number of nitrogens with zero attached hydrogens (tertiary/aromatic N) is 4. The highest BCUT2D eigenvalue weighted by Gasteiger charge is 2.10. The number of hydrogen-bond acceptors (Lipinski definition) is 5. The third-order valence-electron chi connectivity index (χ3n) is 2.08. The van der Waals surface area contributed by atoms with E-state index in [1.54, 1.807) is 24.3 Å². The average Bonchev–Trinajstić information content (AvgIpc) is 2.76. The summed E-state index contributed by atoms with van der Waals surface area (Å²) >= 11 is 5.84. The van der Waals surface area contributed by atoms with Crippen LogP contribution >= 0.6 is 11.6 Å². The molecule has 0 bridgehead atoms. The van der Waals surface area contributed by atoms with Gasteiger partial charge in [-0.15, -0.1) is 10.2 Å². The molecule has 0 spiro atoms. The predicted octanol–water partition coefficient (Wildman–Crippen LogP) is 0.188. The number of primary amides is 1. The fourth-order valence-electron chi connectivity index (χ4n) is 1.36. The zero-order chi connectivity index (χ0) is 13.8. The van der Waals surface area contributed by atoms with Crippen molar-refractivity contribution in [2.45, 2.75) is 6.54 Å². The molecule has 0 aliphatic heterocycles. The van der Waals surface area contributed by atoms with Crippen molar-refractivity contribution in [2.24, 2.45) is 5.73 Å². The van der Waals surface area contributed by atoms with E-state index in [-0.39, 0.29) is 6.54 Å². The summed E-state index contributed by atoms with van der Waals surface area (Å²) in [5.41, 5.74) is 5.48. The Morgan fingerprint density at radius 1 is 1.42 bits per heavy atom. The van der Waals surface area contributed by atoms with Gasteiger partial charge in [0.2, 0.25) is 5.82 Å². The fraction of sp³-hybridized carbons (Fsp3) is 0.100. The van der Waals surface area contributed by atoms with Gasteiger partial charge in [-0.25, -0.2) is 4.79 Å². The number of aromatic nitrogens is 4. The van der Waals surface area contributed by atoms with Gasteiger partial charge in [0.25, 0.3) is 5.91 Å². The van der Waals surface area contributed by atoms with Crippen molar-refractivity contribution in [1.82, 2.24) is 25.5 Å². The Morgan fingerprint density at radius 3 is 2.89 bits per heavy atom. The first-order valence-corrected chi connectivity index (χ1v) is 5.55. The number of carbonyl (C=O) groups is 2. The van der Waals surface area contributed by atoms with Crippen molar-refractivity contribution < 1.29 is 9.59 Å². The van der Waals surface area contributed by atoms with Crippen LogP contribution in [0.4, 0.5) is 4.79 Å². The minimum Gasteiger partial charge on any atom is -0.351 e. The van der Waals surface area contributed by atoms with E-state index in [0.29, 0.717) is 16.4 Å². The lowest BCUT2D eigenvalue weighted by atomic mass is 10.2. The van der Waals surface area contributed by atoms with Crippen LogP contribution in [0.2, 0.25) is 5.02 Å². The van der Waals surface area contributed by atoms with Crippen molar-refractivity contribution in [3.05, 3.63) is 29.3 Å². The lowest BCUT2D eigenvalue weighted by Gasteiger charge is -1.98. The second-order valence-corrected chi connectivity index (χ2v) is 4.00. The summed E-state index contributed by atoms with van der Waals surface area (Å²) in [7, 11) is 0. The van der Waals surface area contributed by atoms with E-state index in [0.717, 1.165) is 4.80 Å². The summed E-state index contributed by atoms with van der Waals surface area (Å²) in [6, 6.07) is 5.97. The van der Waals surface area contributed by atoms with Crippen LogP contribution in [0.15, 0.2) is 24.3 Å². The lowest BCUT2D eigenvalue weighted by molar-refractivity contribution is -0.120. The normalized spacial score (nSPS) is 10.2. The van der Waals surface area contributed by atoms with E-state index in [1.807, 2.05) is 5.32 Å². The van der Waals surface area contributed by atoms with Crippen molar-refractivity contribution in [3.8, 4) is 11.4 Å². The van der Waals surface area contributed by atoms with Crippen LogP contribution in [0.1, 0.15) is 0 Å². The third kappa shape index (κ3) is 3.49. The molecule has 1 aromatic heterocycles. The Morgan fingerprint density at radius 2 is 2.21 bits per heavy atom. The molecule has 1 aromatic carbocycles. The van der Waals surface area contributed by atoms with E-state index >= 15 is 0 Å². The molecular weight excluding hydrogens is 272 g/mol. The number of urea groups is 1. The number of benzene rings is 1. The van der Waals surface area contributed by atoms with Gasteiger partial charge in [-0.05, 0) is 17.3 Å². The molecule has 1 heterocycles. The molecule has 0 saturated heterocycles. The summed E-state index contributed by atoms with van der Waals surface area (Å²) in [5.74, 6) is -0.295. The molecule has 2 aromatic rings. The first kappa shape index (κ1) is 13.0. The van der Waals surface area contributed by atoms with Gasteiger partial charge in [-0.1, -0.05) is 23.7 Å². The monoisotopic (exact) mass is 280 g/mol. The van der Waals surface area contributed by atoms with Crippen molar-refractivity contribution in [1.29, 1.82) is 0 Å². The average molecular weight is 281 g/mol. The van der Waals surface area contributed by atoms with Crippen LogP contribution in [0.5, 0.6) is 0 Å². The molecule has 0 atom stereocenters. The number of imide groups is 1. The van der Waals surface area contributed by atoms with E-state index in [2.05, 4.69) is 15.4 Å². The van der Waals surface area contributed by atoms with E-state index < -0.39 is 11.9 Å². The standard InChI is InChI=1S/C10H9ClN6O2/c11-7-3-1-2-6(4-7)9-14-16-17(15-9)5-8(18)13-10(12)19/h1-4H,5H2,(H3,12,13,18,19). The molecule has 0 unspecified atom stereocenters. The Labute approximate surface area is 112 Å². The topological polar surface area (TPSA) is 116 Å². The number of rotatable bonds is 3. The Hall–Kier alpha value is -2.48. The van der Waals surface area contributed by atoms with Crippen LogP contribution in [-0.4, -0.2) is 32.1 Å². The molecule has 0 saturated carbocycles. The third-order valence-corrected chi connectivity index (χ3v) is 2.32. The molecule has 8 nitrogen and oxygen atoms in total. The van der Waals surface area contributed by atoms with Crippen molar-refractivity contribution >= 4 is 23.5 Å². The summed E-state index contributed by atoms with van der Waals surface area (Å²) in [4.78, 5) is 22.8. The van der Waals surface area contributed by atoms with Gasteiger partial charge in [0.15, 0.2) is 0 Å². The highest BCUT2D eigenvalue weighted by Crippen LogP contribution is 2.18. The zero-order valence-electron chi connectivity index (χ0n) is 9.58. The van der Waals surface area contributed by atoms with E-state index in [1.165, 1.54) is 0 Å². The Balaban J connectivity index is 2.11. The van der Waals surface area contributed by atoms with Gasteiger partial charge >= 0.3 is 6.03 Å². The summed E-state index contributed by atoms with van der Waals surface area (Å²) < 4.78 is 0. The van der Waals surface area contributed by atoms with Gasteiger partial charge in [0, 0.05) is 10.6 Å². The van der Waals surface area contributed by atoms with Crippen molar-refractivity contribution in [2.75, 3.05) is 0 Å². The van der Waals surface area contributed by atoms with Gasteiger partial charge in [-0.2, -0.15) is 4.80 Å². The van der Waals surface area contributed by atoms with Gasteiger partial charge < -0.3 is 5.73 Å². The highest BCUT2D eigenvalue weighted by molar-refractivity contribution is 6.30. The van der Waals surface area contributed by atoms with Crippen LogP contribution in [-0.2, 0) is 11.3 Å². The number of carbonyl (C=O) groups excluding carboxylic acids is 2. The zero-order valence-corrected chi connectivity index (χ0v) is 10.3. The molecule has 0 radical (unpaired) electrons. The number of tetrazole rings is 1. The smallest absolute Gasteiger partial charge is 0.318 e. The Kier molecular flexibility index (Phi) is 3.71. The lowest BCUT2D eigenvalue weighted by Crippen LogP contribution is -2.37. The van der Waals surface area contributed by atoms with Crippen LogP contribution in [0.3, 0.4) is 0 Å². The predicted molar refractivity (Wildman–Crippen MR) is 66.0 cm³/mol.